The van der Waals surface area contributed by atoms with E-state index in [1.54, 1.807) is 23.2 Å². The zero-order valence-electron chi connectivity index (χ0n) is 14.2. The largest absolute Gasteiger partial charge is 0.309 e. The molecule has 0 aliphatic carbocycles. The maximum absolute atomic E-state index is 12.5. The van der Waals surface area contributed by atoms with Crippen LogP contribution in [-0.4, -0.2) is 75.0 Å². The number of likely N-dealkylation sites (N-methyl/N-ethyl adjacent to an activating group) is 1. The van der Waals surface area contributed by atoms with Crippen LogP contribution in [0.5, 0.6) is 0 Å². The summed E-state index contributed by atoms with van der Waals surface area (Å²) in [6.07, 6.45) is 3.07. The molecule has 2 saturated heterocycles. The number of sulfonamides is 1. The Balaban J connectivity index is 1.75. The number of rotatable bonds is 4. The van der Waals surface area contributed by atoms with Crippen molar-refractivity contribution in [1.29, 1.82) is 0 Å². The molecular formula is C15H21N5O4S. The van der Waals surface area contributed by atoms with Gasteiger partial charge in [-0.15, -0.1) is 0 Å². The normalized spacial score (nSPS) is 22.1. The number of amides is 2. The molecule has 0 radical (unpaired) electrons. The average molecular weight is 367 g/mol. The first-order valence-corrected chi connectivity index (χ1v) is 9.85. The minimum Gasteiger partial charge on any atom is -0.309 e. The molecule has 0 aromatic carbocycles. The number of nitrogens with zero attached hydrogens (tertiary/aromatic N) is 4. The van der Waals surface area contributed by atoms with Crippen LogP contribution in [0.3, 0.4) is 0 Å². The van der Waals surface area contributed by atoms with E-state index in [0.717, 1.165) is 17.1 Å². The van der Waals surface area contributed by atoms with Crippen molar-refractivity contribution in [1.82, 2.24) is 14.6 Å². The van der Waals surface area contributed by atoms with Crippen LogP contribution in [0.1, 0.15) is 6.42 Å². The first-order chi connectivity index (χ1) is 11.8. The fourth-order valence-corrected chi connectivity index (χ4v) is 3.70. The first-order valence-electron chi connectivity index (χ1n) is 8.00. The van der Waals surface area contributed by atoms with Crippen molar-refractivity contribution in [2.75, 3.05) is 49.3 Å². The highest BCUT2D eigenvalue weighted by atomic mass is 32.2. The highest BCUT2D eigenvalue weighted by Crippen LogP contribution is 2.25. The van der Waals surface area contributed by atoms with Crippen LogP contribution in [0.25, 0.3) is 0 Å². The molecule has 1 atom stereocenters. The van der Waals surface area contributed by atoms with Crippen LogP contribution in [0.15, 0.2) is 18.3 Å². The van der Waals surface area contributed by atoms with Gasteiger partial charge in [-0.1, -0.05) is 0 Å². The minimum absolute atomic E-state index is 0.0205. The van der Waals surface area contributed by atoms with Crippen molar-refractivity contribution in [2.45, 2.75) is 12.5 Å². The maximum Gasteiger partial charge on any atom is 0.246 e. The van der Waals surface area contributed by atoms with Gasteiger partial charge < -0.3 is 10.2 Å². The van der Waals surface area contributed by atoms with Gasteiger partial charge in [-0.3, -0.25) is 14.5 Å². The summed E-state index contributed by atoms with van der Waals surface area (Å²) < 4.78 is 24.4. The number of hydrogen-bond acceptors (Lipinski definition) is 6. The Morgan fingerprint density at radius 1 is 1.24 bits per heavy atom. The fraction of sp³-hybridized carbons (Fsp3) is 0.533. The second-order valence-corrected chi connectivity index (χ2v) is 8.21. The molecule has 136 valence electrons. The molecule has 0 spiro atoms. The Kier molecular flexibility index (Phi) is 4.76. The van der Waals surface area contributed by atoms with Gasteiger partial charge in [0, 0.05) is 26.7 Å². The van der Waals surface area contributed by atoms with E-state index in [-0.39, 0.29) is 11.8 Å². The SMILES string of the molecule is CN(C1CCN(c2ccc(N3CCNCC3=O)cn2)C1=O)S(C)(=O)=O. The molecule has 0 bridgehead atoms. The molecule has 3 rings (SSSR count). The van der Waals surface area contributed by atoms with E-state index in [9.17, 15) is 18.0 Å². The molecule has 1 aromatic rings. The second-order valence-electron chi connectivity index (χ2n) is 6.17. The maximum atomic E-state index is 12.5. The molecule has 1 aromatic heterocycles. The van der Waals surface area contributed by atoms with E-state index in [1.165, 1.54) is 11.9 Å². The van der Waals surface area contributed by atoms with Gasteiger partial charge in [0.1, 0.15) is 11.9 Å². The third-order valence-electron chi connectivity index (χ3n) is 4.55. The summed E-state index contributed by atoms with van der Waals surface area (Å²) in [5.41, 5.74) is 0.687. The number of aromatic nitrogens is 1. The molecule has 2 fully saturated rings. The Morgan fingerprint density at radius 3 is 2.60 bits per heavy atom. The molecule has 10 heteroatoms. The number of piperazine rings is 1. The Labute approximate surface area is 146 Å². The monoisotopic (exact) mass is 367 g/mol. The summed E-state index contributed by atoms with van der Waals surface area (Å²) in [7, 11) is -2.03. The molecule has 0 saturated carbocycles. The van der Waals surface area contributed by atoms with E-state index >= 15 is 0 Å². The van der Waals surface area contributed by atoms with Crippen LogP contribution in [0, 0.1) is 0 Å². The van der Waals surface area contributed by atoms with Crippen LogP contribution in [0.4, 0.5) is 11.5 Å². The third-order valence-corrected chi connectivity index (χ3v) is 5.85. The first kappa shape index (κ1) is 17.8. The van der Waals surface area contributed by atoms with E-state index in [1.807, 2.05) is 0 Å². The van der Waals surface area contributed by atoms with Crippen molar-refractivity contribution < 1.29 is 18.0 Å². The Hall–Kier alpha value is -2.04. The van der Waals surface area contributed by atoms with Gasteiger partial charge in [0.2, 0.25) is 21.8 Å². The predicted molar refractivity (Wildman–Crippen MR) is 92.8 cm³/mol. The van der Waals surface area contributed by atoms with Crippen LogP contribution in [-0.2, 0) is 19.6 Å². The van der Waals surface area contributed by atoms with Crippen molar-refractivity contribution in [3.8, 4) is 0 Å². The van der Waals surface area contributed by atoms with Crippen molar-refractivity contribution in [3.05, 3.63) is 18.3 Å². The quantitative estimate of drug-likeness (QED) is 0.733. The second kappa shape index (κ2) is 6.70. The lowest BCUT2D eigenvalue weighted by atomic mass is 10.2. The lowest BCUT2D eigenvalue weighted by molar-refractivity contribution is -0.120. The van der Waals surface area contributed by atoms with Crippen molar-refractivity contribution in [3.63, 3.8) is 0 Å². The van der Waals surface area contributed by atoms with Gasteiger partial charge in [-0.25, -0.2) is 13.4 Å². The standard InChI is InChI=1S/C15H21N5O4S/c1-18(25(2,23)24)12-5-7-20(15(12)22)13-4-3-11(9-17-13)19-8-6-16-10-14(19)21/h3-4,9,12,16H,5-8,10H2,1-2H3. The summed E-state index contributed by atoms with van der Waals surface area (Å²) in [6, 6.07) is 2.74. The fourth-order valence-electron chi connectivity index (χ4n) is 3.04. The van der Waals surface area contributed by atoms with E-state index < -0.39 is 16.1 Å². The van der Waals surface area contributed by atoms with Gasteiger partial charge in [0.25, 0.3) is 0 Å². The molecule has 2 amide bonds. The van der Waals surface area contributed by atoms with Crippen LogP contribution in [0.2, 0.25) is 0 Å². The lowest BCUT2D eigenvalue weighted by Crippen LogP contribution is -2.48. The smallest absolute Gasteiger partial charge is 0.246 e. The third kappa shape index (κ3) is 3.51. The number of carbonyl (C=O) groups excluding carboxylic acids is 2. The van der Waals surface area contributed by atoms with E-state index in [0.29, 0.717) is 37.6 Å². The number of hydrogen-bond donors (Lipinski definition) is 1. The Bertz CT molecular complexity index is 780. The summed E-state index contributed by atoms with van der Waals surface area (Å²) >= 11 is 0. The van der Waals surface area contributed by atoms with E-state index in [2.05, 4.69) is 10.3 Å². The van der Waals surface area contributed by atoms with Crippen LogP contribution >= 0.6 is 0 Å². The Morgan fingerprint density at radius 2 is 2.00 bits per heavy atom. The summed E-state index contributed by atoms with van der Waals surface area (Å²) in [5, 5.41) is 3.01. The molecule has 2 aliphatic rings. The highest BCUT2D eigenvalue weighted by Gasteiger charge is 2.39. The molecule has 1 N–H and O–H groups in total. The van der Waals surface area contributed by atoms with Crippen LogP contribution < -0.4 is 15.1 Å². The topological polar surface area (TPSA) is 103 Å². The molecule has 9 nitrogen and oxygen atoms in total. The number of anilines is 2. The summed E-state index contributed by atoms with van der Waals surface area (Å²) in [6.45, 7) is 2.00. The molecule has 3 heterocycles. The van der Waals surface area contributed by atoms with Gasteiger partial charge in [0.05, 0.1) is 24.7 Å². The predicted octanol–water partition coefficient (Wildman–Crippen LogP) is -0.985. The van der Waals surface area contributed by atoms with E-state index in [4.69, 9.17) is 0 Å². The van der Waals surface area contributed by atoms with Gasteiger partial charge in [0.15, 0.2) is 0 Å². The summed E-state index contributed by atoms with van der Waals surface area (Å²) in [4.78, 5) is 31.9. The lowest BCUT2D eigenvalue weighted by Gasteiger charge is -2.27. The highest BCUT2D eigenvalue weighted by molar-refractivity contribution is 7.88. The summed E-state index contributed by atoms with van der Waals surface area (Å²) in [5.74, 6) is 0.153. The number of pyridine rings is 1. The minimum atomic E-state index is -3.44. The van der Waals surface area contributed by atoms with Crippen molar-refractivity contribution in [2.24, 2.45) is 0 Å². The van der Waals surface area contributed by atoms with Crippen molar-refractivity contribution >= 4 is 33.3 Å². The molecule has 2 aliphatic heterocycles. The zero-order chi connectivity index (χ0) is 18.2. The van der Waals surface area contributed by atoms with Gasteiger partial charge >= 0.3 is 0 Å². The number of nitrogens with one attached hydrogen (secondary N) is 1. The molecular weight excluding hydrogens is 346 g/mol. The molecule has 25 heavy (non-hydrogen) atoms. The zero-order valence-corrected chi connectivity index (χ0v) is 15.0. The van der Waals surface area contributed by atoms with Gasteiger partial charge in [-0.05, 0) is 18.6 Å². The average Bonchev–Trinajstić information content (AvgIpc) is 2.95. The number of carbonyl (C=O) groups is 2. The molecule has 1 unspecified atom stereocenters. The van der Waals surface area contributed by atoms with Gasteiger partial charge in [-0.2, -0.15) is 4.31 Å².